The van der Waals surface area contributed by atoms with Gasteiger partial charge in [0, 0.05) is 49.5 Å². The van der Waals surface area contributed by atoms with Crippen molar-refractivity contribution in [3.8, 4) is 0 Å². The maximum atomic E-state index is 13.0. The number of hydrogen-bond acceptors (Lipinski definition) is 6. The van der Waals surface area contributed by atoms with Crippen LogP contribution in [0.4, 0.5) is 11.4 Å². The minimum atomic E-state index is -0.654. The van der Waals surface area contributed by atoms with E-state index < -0.39 is 11.9 Å². The van der Waals surface area contributed by atoms with Gasteiger partial charge < -0.3 is 20.3 Å². The van der Waals surface area contributed by atoms with Crippen LogP contribution >= 0.6 is 0 Å². The fourth-order valence-corrected chi connectivity index (χ4v) is 5.44. The van der Waals surface area contributed by atoms with E-state index >= 15 is 0 Å². The first-order valence-electron chi connectivity index (χ1n) is 12.6. The van der Waals surface area contributed by atoms with Gasteiger partial charge in [-0.2, -0.15) is 0 Å². The summed E-state index contributed by atoms with van der Waals surface area (Å²) in [5, 5.41) is 12.7. The summed E-state index contributed by atoms with van der Waals surface area (Å²) in [7, 11) is 0. The lowest BCUT2D eigenvalue weighted by Crippen LogP contribution is -2.58. The van der Waals surface area contributed by atoms with Crippen LogP contribution in [0.15, 0.2) is 48.5 Å². The Balaban J connectivity index is 1.08. The highest BCUT2D eigenvalue weighted by molar-refractivity contribution is 6.01. The number of ether oxygens (including phenoxy) is 1. The van der Waals surface area contributed by atoms with Crippen molar-refractivity contribution < 1.29 is 14.3 Å². The highest BCUT2D eigenvalue weighted by atomic mass is 16.5. The SMILES string of the molecule is O=C(NC1CCc2ccc(N3CC4(CCOCC4)C3)cc2NC1=O)c1n[nH]c(Cc2ccccc2)n1. The quantitative estimate of drug-likeness (QED) is 0.511. The molecule has 1 atom stereocenters. The predicted octanol–water partition coefficient (Wildman–Crippen LogP) is 2.70. The molecule has 9 nitrogen and oxygen atoms in total. The summed E-state index contributed by atoms with van der Waals surface area (Å²) < 4.78 is 5.53. The van der Waals surface area contributed by atoms with Crippen molar-refractivity contribution in [2.45, 2.75) is 38.1 Å². The normalized spacial score (nSPS) is 20.7. The third-order valence-electron chi connectivity index (χ3n) is 7.60. The molecule has 186 valence electrons. The van der Waals surface area contributed by atoms with E-state index in [-0.39, 0.29) is 11.7 Å². The molecule has 1 unspecified atom stereocenters. The maximum absolute atomic E-state index is 13.0. The van der Waals surface area contributed by atoms with Crippen molar-refractivity contribution in [1.82, 2.24) is 20.5 Å². The Morgan fingerprint density at radius 2 is 1.94 bits per heavy atom. The Bertz CT molecular complexity index is 1260. The van der Waals surface area contributed by atoms with E-state index in [0.717, 1.165) is 61.6 Å². The Morgan fingerprint density at radius 1 is 1.14 bits per heavy atom. The number of aromatic amines is 1. The van der Waals surface area contributed by atoms with Gasteiger partial charge in [-0.25, -0.2) is 4.98 Å². The van der Waals surface area contributed by atoms with Crippen molar-refractivity contribution in [2.75, 3.05) is 36.5 Å². The van der Waals surface area contributed by atoms with Crippen LogP contribution in [0.2, 0.25) is 0 Å². The van der Waals surface area contributed by atoms with Crippen molar-refractivity contribution in [2.24, 2.45) is 5.41 Å². The van der Waals surface area contributed by atoms with Gasteiger partial charge in [-0.3, -0.25) is 14.7 Å². The molecule has 2 aromatic carbocycles. The molecule has 6 rings (SSSR count). The molecule has 3 N–H and O–H groups in total. The number of fused-ring (bicyclic) bond motifs is 1. The molecule has 36 heavy (non-hydrogen) atoms. The van der Waals surface area contributed by atoms with Gasteiger partial charge in [0.15, 0.2) is 0 Å². The molecule has 1 spiro atoms. The summed E-state index contributed by atoms with van der Waals surface area (Å²) in [6, 6.07) is 15.5. The third kappa shape index (κ3) is 4.58. The van der Waals surface area contributed by atoms with Gasteiger partial charge in [0.1, 0.15) is 11.9 Å². The zero-order chi connectivity index (χ0) is 24.5. The smallest absolute Gasteiger partial charge is 0.291 e. The number of rotatable bonds is 5. The summed E-state index contributed by atoms with van der Waals surface area (Å²) in [5.74, 6) is -0.0359. The Labute approximate surface area is 209 Å². The molecule has 2 fully saturated rings. The third-order valence-corrected chi connectivity index (χ3v) is 7.60. The Morgan fingerprint density at radius 3 is 2.75 bits per heavy atom. The zero-order valence-electron chi connectivity index (χ0n) is 20.1. The molecule has 3 aliphatic rings. The molecule has 4 heterocycles. The second kappa shape index (κ2) is 9.39. The summed E-state index contributed by atoms with van der Waals surface area (Å²) in [6.07, 6.45) is 3.98. The van der Waals surface area contributed by atoms with E-state index in [9.17, 15) is 9.59 Å². The van der Waals surface area contributed by atoms with Crippen LogP contribution in [0.25, 0.3) is 0 Å². The maximum Gasteiger partial charge on any atom is 0.291 e. The van der Waals surface area contributed by atoms with Crippen LogP contribution in [-0.2, 0) is 22.4 Å². The number of amides is 2. The minimum absolute atomic E-state index is 0.0394. The van der Waals surface area contributed by atoms with Crippen LogP contribution in [0.3, 0.4) is 0 Å². The fourth-order valence-electron chi connectivity index (χ4n) is 5.44. The second-order valence-corrected chi connectivity index (χ2v) is 10.1. The van der Waals surface area contributed by atoms with Crippen LogP contribution in [0, 0.1) is 5.41 Å². The standard InChI is InChI=1S/C27H30N6O3/c34-25-21(28-26(35)24-30-23(31-32-24)14-18-4-2-1-3-5-18)9-7-19-6-8-20(15-22(19)29-25)33-16-27(17-33)10-12-36-13-11-27/h1-6,8,15,21H,7,9-14,16-17H2,(H,28,35)(H,29,34)(H,30,31,32). The lowest BCUT2D eigenvalue weighted by Gasteiger charge is -2.53. The van der Waals surface area contributed by atoms with Crippen molar-refractivity contribution in [3.63, 3.8) is 0 Å². The molecule has 3 aromatic rings. The molecular formula is C27H30N6O3. The topological polar surface area (TPSA) is 112 Å². The molecule has 2 amide bonds. The van der Waals surface area contributed by atoms with Crippen LogP contribution < -0.4 is 15.5 Å². The first-order chi connectivity index (χ1) is 17.6. The van der Waals surface area contributed by atoms with E-state index in [1.54, 1.807) is 0 Å². The van der Waals surface area contributed by atoms with Crippen molar-refractivity contribution >= 4 is 23.2 Å². The van der Waals surface area contributed by atoms with E-state index in [4.69, 9.17) is 4.74 Å². The molecule has 0 radical (unpaired) electrons. The molecule has 3 aliphatic heterocycles. The molecule has 2 saturated heterocycles. The molecule has 1 aromatic heterocycles. The van der Waals surface area contributed by atoms with Gasteiger partial charge in [-0.15, -0.1) is 5.10 Å². The van der Waals surface area contributed by atoms with Crippen molar-refractivity contribution in [3.05, 3.63) is 71.3 Å². The number of hydrogen-bond donors (Lipinski definition) is 3. The Kier molecular flexibility index (Phi) is 5.92. The number of aromatic nitrogens is 3. The molecular weight excluding hydrogens is 456 g/mol. The van der Waals surface area contributed by atoms with Gasteiger partial charge in [0.05, 0.1) is 0 Å². The average molecular weight is 487 g/mol. The highest BCUT2D eigenvalue weighted by Gasteiger charge is 2.44. The average Bonchev–Trinajstić information content (AvgIpc) is 3.29. The second-order valence-electron chi connectivity index (χ2n) is 10.1. The largest absolute Gasteiger partial charge is 0.381 e. The lowest BCUT2D eigenvalue weighted by atomic mass is 9.73. The van der Waals surface area contributed by atoms with Gasteiger partial charge in [0.2, 0.25) is 11.7 Å². The molecule has 0 aliphatic carbocycles. The van der Waals surface area contributed by atoms with E-state index in [1.165, 1.54) is 0 Å². The first kappa shape index (κ1) is 22.7. The number of nitrogens with one attached hydrogen (secondary N) is 3. The number of carbonyl (C=O) groups is 2. The number of nitrogens with zero attached hydrogens (tertiary/aromatic N) is 3. The summed E-state index contributed by atoms with van der Waals surface area (Å²) >= 11 is 0. The number of aryl methyl sites for hydroxylation is 1. The van der Waals surface area contributed by atoms with Gasteiger partial charge in [0.25, 0.3) is 5.91 Å². The summed E-state index contributed by atoms with van der Waals surface area (Å²) in [6.45, 7) is 3.77. The van der Waals surface area contributed by atoms with Crippen molar-refractivity contribution in [1.29, 1.82) is 0 Å². The van der Waals surface area contributed by atoms with Gasteiger partial charge >= 0.3 is 0 Å². The fraction of sp³-hybridized carbons (Fsp3) is 0.407. The number of H-pyrrole nitrogens is 1. The van der Waals surface area contributed by atoms with E-state index in [0.29, 0.717) is 30.5 Å². The van der Waals surface area contributed by atoms with E-state index in [1.807, 2.05) is 30.3 Å². The zero-order valence-corrected chi connectivity index (χ0v) is 20.1. The van der Waals surface area contributed by atoms with Crippen LogP contribution in [0.1, 0.15) is 46.8 Å². The summed E-state index contributed by atoms with van der Waals surface area (Å²) in [5.41, 5.74) is 4.48. The lowest BCUT2D eigenvalue weighted by molar-refractivity contribution is -0.118. The van der Waals surface area contributed by atoms with Gasteiger partial charge in [-0.05, 0) is 48.9 Å². The molecule has 9 heteroatoms. The monoisotopic (exact) mass is 486 g/mol. The molecule has 0 bridgehead atoms. The predicted molar refractivity (Wildman–Crippen MR) is 135 cm³/mol. The first-order valence-corrected chi connectivity index (χ1v) is 12.6. The van der Waals surface area contributed by atoms with Crippen LogP contribution in [0.5, 0.6) is 0 Å². The number of benzene rings is 2. The summed E-state index contributed by atoms with van der Waals surface area (Å²) in [4.78, 5) is 32.5. The van der Waals surface area contributed by atoms with E-state index in [2.05, 4.69) is 48.9 Å². The highest BCUT2D eigenvalue weighted by Crippen LogP contribution is 2.43. The number of anilines is 2. The van der Waals surface area contributed by atoms with Crippen LogP contribution in [-0.4, -0.2) is 59.3 Å². The Hall–Kier alpha value is -3.72. The van der Waals surface area contributed by atoms with Gasteiger partial charge in [-0.1, -0.05) is 36.4 Å². The minimum Gasteiger partial charge on any atom is -0.381 e. The molecule has 0 saturated carbocycles. The number of carbonyl (C=O) groups excluding carboxylic acids is 2.